The molecule has 1 aromatic carbocycles. The average molecular weight is 293 g/mol. The molecule has 0 fully saturated rings. The van der Waals surface area contributed by atoms with Gasteiger partial charge in [-0.25, -0.2) is 4.79 Å². The van der Waals surface area contributed by atoms with Crippen LogP contribution < -0.4 is 26.9 Å². The molecule has 7 nitrogen and oxygen atoms in total. The number of thiocarbonyl (C=S) groups is 1. The molecule has 4 N–H and O–H groups in total. The SMILES string of the molecule is COc1cccc2cc(C(=O)NNC(N)=S)c(=O)oc12. The minimum Gasteiger partial charge on any atom is -0.493 e. The van der Waals surface area contributed by atoms with Crippen LogP contribution in [0.4, 0.5) is 0 Å². The van der Waals surface area contributed by atoms with Gasteiger partial charge >= 0.3 is 5.63 Å². The van der Waals surface area contributed by atoms with Crippen molar-refractivity contribution in [2.24, 2.45) is 5.73 Å². The Bertz CT molecular complexity index is 741. The Morgan fingerprint density at radius 2 is 2.15 bits per heavy atom. The Morgan fingerprint density at radius 1 is 1.40 bits per heavy atom. The summed E-state index contributed by atoms with van der Waals surface area (Å²) in [6, 6.07) is 6.47. The standard InChI is InChI=1S/C12H11N3O4S/c1-18-8-4-2-3-6-5-7(11(17)19-9(6)8)10(16)14-15-12(13)20/h2-5H,1H3,(H,14,16)(H3,13,15,20). The van der Waals surface area contributed by atoms with Crippen LogP contribution in [0.15, 0.2) is 33.5 Å². The number of para-hydroxylation sites is 1. The Hall–Kier alpha value is -2.61. The molecule has 0 aliphatic heterocycles. The van der Waals surface area contributed by atoms with Gasteiger partial charge in [-0.15, -0.1) is 0 Å². The van der Waals surface area contributed by atoms with Gasteiger partial charge in [0.05, 0.1) is 7.11 Å². The van der Waals surface area contributed by atoms with Crippen LogP contribution in [0.3, 0.4) is 0 Å². The fraction of sp³-hybridized carbons (Fsp3) is 0.0833. The second kappa shape index (κ2) is 5.57. The summed E-state index contributed by atoms with van der Waals surface area (Å²) in [5, 5.41) is 0.439. The van der Waals surface area contributed by atoms with Crippen molar-refractivity contribution in [2.45, 2.75) is 0 Å². The minimum atomic E-state index is -0.788. The van der Waals surface area contributed by atoms with Crippen LogP contribution in [0, 0.1) is 0 Å². The Morgan fingerprint density at radius 3 is 2.80 bits per heavy atom. The predicted molar refractivity (Wildman–Crippen MR) is 76.4 cm³/mol. The number of carbonyl (C=O) groups is 1. The summed E-state index contributed by atoms with van der Waals surface area (Å²) >= 11 is 4.54. The zero-order chi connectivity index (χ0) is 14.7. The highest BCUT2D eigenvalue weighted by atomic mass is 32.1. The smallest absolute Gasteiger partial charge is 0.349 e. The van der Waals surface area contributed by atoms with Crippen molar-refractivity contribution < 1.29 is 13.9 Å². The molecule has 2 aromatic rings. The Kier molecular flexibility index (Phi) is 3.85. The molecule has 0 spiro atoms. The first-order chi connectivity index (χ1) is 9.52. The van der Waals surface area contributed by atoms with Crippen LogP contribution in [0.2, 0.25) is 0 Å². The molecule has 0 atom stereocenters. The highest BCUT2D eigenvalue weighted by Crippen LogP contribution is 2.24. The highest BCUT2D eigenvalue weighted by Gasteiger charge is 2.15. The lowest BCUT2D eigenvalue weighted by Gasteiger charge is -2.07. The van der Waals surface area contributed by atoms with E-state index in [2.05, 4.69) is 23.1 Å². The highest BCUT2D eigenvalue weighted by molar-refractivity contribution is 7.80. The van der Waals surface area contributed by atoms with Crippen molar-refractivity contribution in [3.05, 3.63) is 40.2 Å². The maximum atomic E-state index is 11.8. The number of hydrazine groups is 1. The topological polar surface area (TPSA) is 107 Å². The number of carbonyl (C=O) groups excluding carboxylic acids is 1. The first-order valence-corrected chi connectivity index (χ1v) is 5.90. The molecule has 2 rings (SSSR count). The number of hydrogen-bond acceptors (Lipinski definition) is 5. The van der Waals surface area contributed by atoms with Gasteiger partial charge in [0.2, 0.25) is 0 Å². The monoisotopic (exact) mass is 293 g/mol. The zero-order valence-electron chi connectivity index (χ0n) is 10.4. The third kappa shape index (κ3) is 2.69. The number of rotatable bonds is 2. The van der Waals surface area contributed by atoms with E-state index in [-0.39, 0.29) is 16.3 Å². The van der Waals surface area contributed by atoms with Crippen molar-refractivity contribution in [3.63, 3.8) is 0 Å². The normalized spacial score (nSPS) is 10.1. The molecule has 0 saturated heterocycles. The van der Waals surface area contributed by atoms with Gasteiger partial charge in [-0.3, -0.25) is 15.6 Å². The van der Waals surface area contributed by atoms with Gasteiger partial charge in [0.1, 0.15) is 5.56 Å². The lowest BCUT2D eigenvalue weighted by Crippen LogP contribution is -2.45. The van der Waals surface area contributed by atoms with Crippen LogP contribution in [0.5, 0.6) is 5.75 Å². The number of amides is 1. The summed E-state index contributed by atoms with van der Waals surface area (Å²) in [6.07, 6.45) is 0. The quantitative estimate of drug-likeness (QED) is 0.415. The lowest BCUT2D eigenvalue weighted by atomic mass is 10.1. The maximum absolute atomic E-state index is 11.8. The molecule has 1 amide bonds. The zero-order valence-corrected chi connectivity index (χ0v) is 11.2. The predicted octanol–water partition coefficient (Wildman–Crippen LogP) is 0.280. The van der Waals surface area contributed by atoms with E-state index < -0.39 is 11.5 Å². The largest absolute Gasteiger partial charge is 0.493 e. The van der Waals surface area contributed by atoms with Crippen molar-refractivity contribution in [1.82, 2.24) is 10.9 Å². The maximum Gasteiger partial charge on any atom is 0.349 e. The van der Waals surface area contributed by atoms with E-state index in [4.69, 9.17) is 14.9 Å². The summed E-state index contributed by atoms with van der Waals surface area (Å²) in [5.74, 6) is -0.288. The van der Waals surface area contributed by atoms with E-state index in [9.17, 15) is 9.59 Å². The molecule has 1 aromatic heterocycles. The second-order valence-electron chi connectivity index (χ2n) is 3.77. The number of nitrogens with one attached hydrogen (secondary N) is 2. The van der Waals surface area contributed by atoms with Crippen LogP contribution in [0.1, 0.15) is 10.4 Å². The molecule has 8 heteroatoms. The molecular formula is C12H11N3O4S. The summed E-state index contributed by atoms with van der Waals surface area (Å²) < 4.78 is 10.2. The van der Waals surface area contributed by atoms with Gasteiger partial charge in [0.25, 0.3) is 5.91 Å². The lowest BCUT2D eigenvalue weighted by molar-refractivity contribution is 0.0940. The van der Waals surface area contributed by atoms with E-state index in [0.29, 0.717) is 11.1 Å². The van der Waals surface area contributed by atoms with Gasteiger partial charge in [-0.2, -0.15) is 0 Å². The van der Waals surface area contributed by atoms with E-state index in [0.717, 1.165) is 0 Å². The van der Waals surface area contributed by atoms with Gasteiger partial charge in [-0.05, 0) is 24.4 Å². The van der Waals surface area contributed by atoms with Crippen molar-refractivity contribution >= 4 is 34.2 Å². The fourth-order valence-corrected chi connectivity index (χ4v) is 1.67. The van der Waals surface area contributed by atoms with Gasteiger partial charge in [0, 0.05) is 5.39 Å². The van der Waals surface area contributed by atoms with Gasteiger partial charge < -0.3 is 14.9 Å². The minimum absolute atomic E-state index is 0.120. The number of fused-ring (bicyclic) bond motifs is 1. The number of nitrogens with two attached hydrogens (primary N) is 1. The van der Waals surface area contributed by atoms with E-state index in [1.165, 1.54) is 13.2 Å². The summed E-state index contributed by atoms with van der Waals surface area (Å²) in [7, 11) is 1.46. The van der Waals surface area contributed by atoms with Gasteiger partial charge in [0.15, 0.2) is 16.4 Å². The van der Waals surface area contributed by atoms with Crippen molar-refractivity contribution in [3.8, 4) is 5.75 Å². The Balaban J connectivity index is 2.46. The van der Waals surface area contributed by atoms with Crippen LogP contribution in [-0.4, -0.2) is 18.1 Å². The van der Waals surface area contributed by atoms with Gasteiger partial charge in [-0.1, -0.05) is 12.1 Å². The van der Waals surface area contributed by atoms with Crippen LogP contribution in [-0.2, 0) is 0 Å². The molecule has 0 radical (unpaired) electrons. The molecule has 0 aliphatic rings. The van der Waals surface area contributed by atoms with Crippen LogP contribution >= 0.6 is 12.2 Å². The molecule has 1 heterocycles. The molecule has 20 heavy (non-hydrogen) atoms. The molecule has 0 unspecified atom stereocenters. The summed E-state index contributed by atoms with van der Waals surface area (Å²) in [5.41, 5.74) is 8.92. The molecule has 0 bridgehead atoms. The third-order valence-electron chi connectivity index (χ3n) is 2.49. The molecular weight excluding hydrogens is 282 g/mol. The van der Waals surface area contributed by atoms with E-state index >= 15 is 0 Å². The number of benzene rings is 1. The van der Waals surface area contributed by atoms with Crippen LogP contribution in [0.25, 0.3) is 11.0 Å². The fourth-order valence-electron chi connectivity index (χ4n) is 1.62. The first-order valence-electron chi connectivity index (χ1n) is 5.49. The van der Waals surface area contributed by atoms with E-state index in [1.54, 1.807) is 18.2 Å². The first kappa shape index (κ1) is 13.8. The second-order valence-corrected chi connectivity index (χ2v) is 4.21. The molecule has 0 aliphatic carbocycles. The number of methoxy groups -OCH3 is 1. The Labute approximate surface area is 118 Å². The number of hydrogen-bond donors (Lipinski definition) is 3. The number of ether oxygens (including phenoxy) is 1. The molecule has 0 saturated carbocycles. The van der Waals surface area contributed by atoms with Crippen molar-refractivity contribution in [1.29, 1.82) is 0 Å². The third-order valence-corrected chi connectivity index (χ3v) is 2.59. The summed E-state index contributed by atoms with van der Waals surface area (Å²) in [4.78, 5) is 23.6. The molecule has 104 valence electrons. The van der Waals surface area contributed by atoms with E-state index in [1.807, 2.05) is 0 Å². The summed E-state index contributed by atoms with van der Waals surface area (Å²) in [6.45, 7) is 0. The average Bonchev–Trinajstić information content (AvgIpc) is 2.43. The van der Waals surface area contributed by atoms with Crippen molar-refractivity contribution in [2.75, 3.05) is 7.11 Å².